The first-order chi connectivity index (χ1) is 15.1. The molecule has 3 rings (SSSR count). The highest BCUT2D eigenvalue weighted by Crippen LogP contribution is 2.33. The van der Waals surface area contributed by atoms with Gasteiger partial charge in [-0.05, 0) is 61.2 Å². The summed E-state index contributed by atoms with van der Waals surface area (Å²) in [6.45, 7) is 9.92. The summed E-state index contributed by atoms with van der Waals surface area (Å²) in [6.07, 6.45) is 0.820. The SMILES string of the molecule is Cc1cc(C)cc(Oc2ccc(C#N)cc2S(=O)(=O)N2CCN(C(=S)CC(C)C)CC2)c1. The van der Waals surface area contributed by atoms with Crippen LogP contribution in [0.4, 0.5) is 0 Å². The minimum absolute atomic E-state index is 0.00826. The lowest BCUT2D eigenvalue weighted by molar-refractivity contribution is 0.264. The predicted octanol–water partition coefficient (Wildman–Crippen LogP) is 4.65. The number of ether oxygens (including phenoxy) is 1. The number of rotatable bonds is 6. The van der Waals surface area contributed by atoms with Crippen LogP contribution in [0, 0.1) is 31.1 Å². The lowest BCUT2D eigenvalue weighted by Crippen LogP contribution is -2.50. The summed E-state index contributed by atoms with van der Waals surface area (Å²) in [4.78, 5) is 2.97. The second-order valence-electron chi connectivity index (χ2n) is 8.58. The number of benzene rings is 2. The van der Waals surface area contributed by atoms with Gasteiger partial charge in [0.25, 0.3) is 0 Å². The Morgan fingerprint density at radius 2 is 1.72 bits per heavy atom. The van der Waals surface area contributed by atoms with Crippen LogP contribution in [0.5, 0.6) is 11.5 Å². The van der Waals surface area contributed by atoms with Crippen LogP contribution < -0.4 is 4.74 Å². The van der Waals surface area contributed by atoms with Crippen LogP contribution in [-0.2, 0) is 10.0 Å². The largest absolute Gasteiger partial charge is 0.456 e. The molecule has 0 aromatic heterocycles. The highest BCUT2D eigenvalue weighted by atomic mass is 32.2. The fraction of sp³-hybridized carbons (Fsp3) is 0.417. The van der Waals surface area contributed by atoms with Crippen molar-refractivity contribution >= 4 is 27.2 Å². The molecule has 0 amide bonds. The zero-order valence-electron chi connectivity index (χ0n) is 19.0. The van der Waals surface area contributed by atoms with Crippen molar-refractivity contribution in [2.24, 2.45) is 5.92 Å². The lowest BCUT2D eigenvalue weighted by Gasteiger charge is -2.36. The molecule has 1 fully saturated rings. The Labute approximate surface area is 196 Å². The van der Waals surface area contributed by atoms with E-state index in [0.717, 1.165) is 22.5 Å². The normalized spacial score (nSPS) is 14.9. The van der Waals surface area contributed by atoms with Crippen molar-refractivity contribution in [3.63, 3.8) is 0 Å². The number of hydrogen-bond acceptors (Lipinski definition) is 5. The summed E-state index contributed by atoms with van der Waals surface area (Å²) in [5.41, 5.74) is 2.31. The average molecular weight is 472 g/mol. The van der Waals surface area contributed by atoms with E-state index in [0.29, 0.717) is 37.8 Å². The Hall–Kier alpha value is -2.47. The summed E-state index contributed by atoms with van der Waals surface area (Å²) in [5.74, 6) is 1.24. The van der Waals surface area contributed by atoms with E-state index < -0.39 is 10.0 Å². The van der Waals surface area contributed by atoms with Gasteiger partial charge in [0.05, 0.1) is 16.6 Å². The summed E-state index contributed by atoms with van der Waals surface area (Å²) in [6, 6.07) is 12.3. The van der Waals surface area contributed by atoms with Gasteiger partial charge in [-0.3, -0.25) is 0 Å². The predicted molar refractivity (Wildman–Crippen MR) is 130 cm³/mol. The molecule has 1 aliphatic rings. The molecule has 2 aromatic carbocycles. The number of thiocarbonyl (C=S) groups is 1. The van der Waals surface area contributed by atoms with E-state index in [4.69, 9.17) is 17.0 Å². The van der Waals surface area contributed by atoms with Crippen LogP contribution in [0.25, 0.3) is 0 Å². The number of aryl methyl sites for hydroxylation is 2. The molecule has 32 heavy (non-hydrogen) atoms. The quantitative estimate of drug-likeness (QED) is 0.571. The van der Waals surface area contributed by atoms with Gasteiger partial charge in [0.15, 0.2) is 0 Å². The molecule has 1 saturated heterocycles. The Bertz CT molecular complexity index is 1130. The number of sulfonamides is 1. The van der Waals surface area contributed by atoms with Crippen LogP contribution in [0.3, 0.4) is 0 Å². The highest BCUT2D eigenvalue weighted by molar-refractivity contribution is 7.89. The van der Waals surface area contributed by atoms with Gasteiger partial charge in [0, 0.05) is 32.6 Å². The van der Waals surface area contributed by atoms with Crippen LogP contribution >= 0.6 is 12.2 Å². The molecule has 170 valence electrons. The average Bonchev–Trinajstić information content (AvgIpc) is 2.73. The molecule has 2 aromatic rings. The van der Waals surface area contributed by atoms with Crippen molar-refractivity contribution in [1.82, 2.24) is 9.21 Å². The van der Waals surface area contributed by atoms with E-state index in [1.165, 1.54) is 10.4 Å². The van der Waals surface area contributed by atoms with Crippen LogP contribution in [-0.4, -0.2) is 48.8 Å². The zero-order chi connectivity index (χ0) is 23.5. The van der Waals surface area contributed by atoms with Crippen molar-refractivity contribution in [3.8, 4) is 17.6 Å². The highest BCUT2D eigenvalue weighted by Gasteiger charge is 2.32. The van der Waals surface area contributed by atoms with E-state index in [2.05, 4.69) is 18.7 Å². The van der Waals surface area contributed by atoms with Gasteiger partial charge in [0.2, 0.25) is 10.0 Å². The van der Waals surface area contributed by atoms with Crippen molar-refractivity contribution < 1.29 is 13.2 Å². The number of piperazine rings is 1. The lowest BCUT2D eigenvalue weighted by atomic mass is 10.1. The third kappa shape index (κ3) is 5.66. The molecular formula is C24H29N3O3S2. The van der Waals surface area contributed by atoms with E-state index in [1.54, 1.807) is 12.1 Å². The van der Waals surface area contributed by atoms with Gasteiger partial charge in [-0.2, -0.15) is 9.57 Å². The second-order valence-corrected chi connectivity index (χ2v) is 11.0. The summed E-state index contributed by atoms with van der Waals surface area (Å²) >= 11 is 5.53. The molecule has 8 heteroatoms. The summed E-state index contributed by atoms with van der Waals surface area (Å²) in [7, 11) is -3.85. The van der Waals surface area contributed by atoms with Gasteiger partial charge in [-0.25, -0.2) is 8.42 Å². The van der Waals surface area contributed by atoms with Crippen LogP contribution in [0.2, 0.25) is 0 Å². The summed E-state index contributed by atoms with van der Waals surface area (Å²) in [5, 5.41) is 9.34. The van der Waals surface area contributed by atoms with Crippen molar-refractivity contribution in [1.29, 1.82) is 5.26 Å². The smallest absolute Gasteiger partial charge is 0.246 e. The van der Waals surface area contributed by atoms with Gasteiger partial charge < -0.3 is 9.64 Å². The maximum Gasteiger partial charge on any atom is 0.246 e. The Morgan fingerprint density at radius 1 is 1.09 bits per heavy atom. The molecule has 1 heterocycles. The fourth-order valence-electron chi connectivity index (χ4n) is 3.78. The molecule has 0 bridgehead atoms. The fourth-order valence-corrected chi connectivity index (χ4v) is 5.86. The van der Waals surface area contributed by atoms with E-state index in [-0.39, 0.29) is 16.2 Å². The molecule has 0 radical (unpaired) electrons. The second kappa shape index (κ2) is 9.99. The minimum Gasteiger partial charge on any atom is -0.456 e. The topological polar surface area (TPSA) is 73.6 Å². The van der Waals surface area contributed by atoms with Crippen LogP contribution in [0.15, 0.2) is 41.3 Å². The van der Waals surface area contributed by atoms with Crippen molar-refractivity contribution in [2.75, 3.05) is 26.2 Å². The number of hydrogen-bond donors (Lipinski definition) is 0. The van der Waals surface area contributed by atoms with Gasteiger partial charge in [-0.15, -0.1) is 0 Å². The standard InChI is InChI=1S/C24H29N3O3S2/c1-17(2)11-24(31)26-7-9-27(10-8-26)32(28,29)23-15-20(16-25)5-6-22(23)30-21-13-18(3)12-19(4)14-21/h5-6,12-15,17H,7-11H2,1-4H3. The van der Waals surface area contributed by atoms with Gasteiger partial charge >= 0.3 is 0 Å². The zero-order valence-corrected chi connectivity index (χ0v) is 20.6. The maximum atomic E-state index is 13.5. The molecule has 0 unspecified atom stereocenters. The Morgan fingerprint density at radius 3 is 2.28 bits per heavy atom. The Balaban J connectivity index is 1.87. The van der Waals surface area contributed by atoms with Crippen LogP contribution in [0.1, 0.15) is 37.0 Å². The molecule has 0 N–H and O–H groups in total. The molecule has 0 spiro atoms. The third-order valence-corrected chi connectivity index (χ3v) is 7.63. The number of nitriles is 1. The molecule has 0 saturated carbocycles. The summed E-state index contributed by atoms with van der Waals surface area (Å²) < 4.78 is 34.5. The monoisotopic (exact) mass is 471 g/mol. The molecule has 0 aliphatic carbocycles. The van der Waals surface area contributed by atoms with E-state index in [9.17, 15) is 13.7 Å². The van der Waals surface area contributed by atoms with Crippen molar-refractivity contribution in [3.05, 3.63) is 53.1 Å². The minimum atomic E-state index is -3.85. The number of nitrogens with zero attached hydrogens (tertiary/aromatic N) is 3. The maximum absolute atomic E-state index is 13.5. The molecular weight excluding hydrogens is 442 g/mol. The molecule has 0 atom stereocenters. The van der Waals surface area contributed by atoms with E-state index in [1.807, 2.05) is 38.1 Å². The third-order valence-electron chi connectivity index (χ3n) is 5.29. The first-order valence-electron chi connectivity index (χ1n) is 10.7. The molecule has 1 aliphatic heterocycles. The van der Waals surface area contributed by atoms with Gasteiger partial charge in [-0.1, -0.05) is 32.1 Å². The van der Waals surface area contributed by atoms with Crippen molar-refractivity contribution in [2.45, 2.75) is 39.0 Å². The molecule has 6 nitrogen and oxygen atoms in total. The Kier molecular flexibility index (Phi) is 7.55. The van der Waals surface area contributed by atoms with Gasteiger partial charge in [0.1, 0.15) is 16.4 Å². The first kappa shape index (κ1) is 24.2. The first-order valence-corrected chi connectivity index (χ1v) is 12.5. The van der Waals surface area contributed by atoms with E-state index >= 15 is 0 Å².